The molecule has 0 aliphatic heterocycles. The van der Waals surface area contributed by atoms with Gasteiger partial charge in [0, 0.05) is 17.0 Å². The van der Waals surface area contributed by atoms with Gasteiger partial charge >= 0.3 is 5.63 Å². The molecule has 0 fully saturated rings. The summed E-state index contributed by atoms with van der Waals surface area (Å²) in [7, 11) is 0. The van der Waals surface area contributed by atoms with Gasteiger partial charge in [0.05, 0.1) is 10.0 Å². The van der Waals surface area contributed by atoms with Crippen LogP contribution in [0.1, 0.15) is 10.4 Å². The number of hydrogen-bond donors (Lipinski definition) is 2. The van der Waals surface area contributed by atoms with E-state index in [1.807, 2.05) is 0 Å². The van der Waals surface area contributed by atoms with E-state index in [1.54, 1.807) is 6.07 Å². The predicted octanol–water partition coefficient (Wildman–Crippen LogP) is 4.06. The second-order valence-corrected chi connectivity index (χ2v) is 5.57. The molecule has 1 aromatic heterocycles. The Morgan fingerprint density at radius 3 is 2.57 bits per heavy atom. The smallest absolute Gasteiger partial charge is 0.360 e. The summed E-state index contributed by atoms with van der Waals surface area (Å²) in [5, 5.41) is 13.0. The van der Waals surface area contributed by atoms with Crippen molar-refractivity contribution in [3.05, 3.63) is 68.5 Å². The number of carbonyl (C=O) groups excluding carboxylic acids is 1. The molecule has 0 aliphatic rings. The van der Waals surface area contributed by atoms with Crippen molar-refractivity contribution in [3.8, 4) is 5.75 Å². The van der Waals surface area contributed by atoms with Crippen LogP contribution in [0.3, 0.4) is 0 Å². The van der Waals surface area contributed by atoms with Crippen molar-refractivity contribution < 1.29 is 14.3 Å². The standard InChI is InChI=1S/C16H9Cl2NO4/c17-11-4-2-9(5-12(11)18)15(21)19-13-6-8-1-3-10(20)7-14(8)23-16(13)22/h1-7,20H,(H,19,21). The molecule has 0 radical (unpaired) electrons. The molecule has 3 rings (SSSR count). The average molecular weight is 350 g/mol. The molecule has 0 saturated heterocycles. The van der Waals surface area contributed by atoms with E-state index in [0.717, 1.165) is 0 Å². The number of aromatic hydroxyl groups is 1. The van der Waals surface area contributed by atoms with Gasteiger partial charge in [0.2, 0.25) is 0 Å². The van der Waals surface area contributed by atoms with Gasteiger partial charge in [-0.05, 0) is 36.4 Å². The molecule has 2 aromatic carbocycles. The number of amides is 1. The fraction of sp³-hybridized carbons (Fsp3) is 0. The molecule has 0 bridgehead atoms. The lowest BCUT2D eigenvalue weighted by Gasteiger charge is -2.06. The van der Waals surface area contributed by atoms with Crippen LogP contribution >= 0.6 is 23.2 Å². The van der Waals surface area contributed by atoms with Crippen LogP contribution in [0.4, 0.5) is 5.69 Å². The average Bonchev–Trinajstić information content (AvgIpc) is 2.51. The fourth-order valence-electron chi connectivity index (χ4n) is 2.02. The maximum absolute atomic E-state index is 12.2. The molecule has 0 atom stereocenters. The van der Waals surface area contributed by atoms with Gasteiger partial charge in [-0.3, -0.25) is 4.79 Å². The summed E-state index contributed by atoms with van der Waals surface area (Å²) in [6.07, 6.45) is 0. The first kappa shape index (κ1) is 15.4. The molecular formula is C16H9Cl2NO4. The Morgan fingerprint density at radius 2 is 1.83 bits per heavy atom. The van der Waals surface area contributed by atoms with Crippen LogP contribution in [0.5, 0.6) is 5.75 Å². The molecule has 116 valence electrons. The zero-order valence-electron chi connectivity index (χ0n) is 11.5. The molecule has 2 N–H and O–H groups in total. The number of halogens is 2. The maximum atomic E-state index is 12.2. The number of phenolic OH excluding ortho intramolecular Hbond substituents is 1. The number of anilines is 1. The second kappa shape index (κ2) is 5.95. The van der Waals surface area contributed by atoms with E-state index in [9.17, 15) is 14.7 Å². The zero-order chi connectivity index (χ0) is 16.6. The molecule has 1 amide bonds. The zero-order valence-corrected chi connectivity index (χ0v) is 13.0. The first-order valence-corrected chi connectivity index (χ1v) is 7.23. The van der Waals surface area contributed by atoms with Gasteiger partial charge in [-0.1, -0.05) is 23.2 Å². The molecule has 0 saturated carbocycles. The molecule has 0 unspecified atom stereocenters. The van der Waals surface area contributed by atoms with Crippen LogP contribution in [-0.4, -0.2) is 11.0 Å². The van der Waals surface area contributed by atoms with Gasteiger partial charge in [-0.2, -0.15) is 0 Å². The topological polar surface area (TPSA) is 79.5 Å². The predicted molar refractivity (Wildman–Crippen MR) is 88.6 cm³/mol. The lowest BCUT2D eigenvalue weighted by Crippen LogP contribution is -2.17. The van der Waals surface area contributed by atoms with Crippen LogP contribution in [0.2, 0.25) is 10.0 Å². The third-order valence-electron chi connectivity index (χ3n) is 3.15. The van der Waals surface area contributed by atoms with Crippen molar-refractivity contribution in [2.75, 3.05) is 5.32 Å². The number of hydrogen-bond acceptors (Lipinski definition) is 4. The molecule has 23 heavy (non-hydrogen) atoms. The van der Waals surface area contributed by atoms with Crippen LogP contribution < -0.4 is 10.9 Å². The van der Waals surface area contributed by atoms with E-state index in [2.05, 4.69) is 5.32 Å². The highest BCUT2D eigenvalue weighted by Crippen LogP contribution is 2.24. The van der Waals surface area contributed by atoms with Gasteiger partial charge in [-0.25, -0.2) is 4.79 Å². The van der Waals surface area contributed by atoms with Crippen LogP contribution in [0.25, 0.3) is 11.0 Å². The van der Waals surface area contributed by atoms with Crippen molar-refractivity contribution in [2.24, 2.45) is 0 Å². The molecule has 5 nitrogen and oxygen atoms in total. The minimum absolute atomic E-state index is 0.0146. The molecule has 1 heterocycles. The summed E-state index contributed by atoms with van der Waals surface area (Å²) in [4.78, 5) is 24.1. The molecular weight excluding hydrogens is 341 g/mol. The summed E-state index contributed by atoms with van der Waals surface area (Å²) in [5.74, 6) is -0.540. The van der Waals surface area contributed by atoms with Crippen molar-refractivity contribution in [1.29, 1.82) is 0 Å². The molecule has 0 aliphatic carbocycles. The second-order valence-electron chi connectivity index (χ2n) is 4.75. The Labute approximate surface area is 140 Å². The highest BCUT2D eigenvalue weighted by Gasteiger charge is 2.12. The van der Waals surface area contributed by atoms with Gasteiger partial charge in [0.15, 0.2) is 0 Å². The SMILES string of the molecule is O=C(Nc1cc2ccc(O)cc2oc1=O)c1ccc(Cl)c(Cl)c1. The van der Waals surface area contributed by atoms with Crippen molar-refractivity contribution in [1.82, 2.24) is 0 Å². The Bertz CT molecular complexity index is 981. The maximum Gasteiger partial charge on any atom is 0.360 e. The number of fused-ring (bicyclic) bond motifs is 1. The van der Waals surface area contributed by atoms with E-state index in [0.29, 0.717) is 10.4 Å². The summed E-state index contributed by atoms with van der Waals surface area (Å²) in [6, 6.07) is 10.2. The van der Waals surface area contributed by atoms with Gasteiger partial charge < -0.3 is 14.8 Å². The third-order valence-corrected chi connectivity index (χ3v) is 3.89. The number of phenols is 1. The first-order valence-electron chi connectivity index (χ1n) is 6.47. The van der Waals surface area contributed by atoms with Gasteiger partial charge in [0.1, 0.15) is 17.0 Å². The summed E-state index contributed by atoms with van der Waals surface area (Å²) in [5.41, 5.74) is -0.261. The minimum Gasteiger partial charge on any atom is -0.508 e. The van der Waals surface area contributed by atoms with Crippen LogP contribution in [0, 0.1) is 0 Å². The first-order chi connectivity index (χ1) is 10.9. The number of nitrogens with one attached hydrogen (secondary N) is 1. The lowest BCUT2D eigenvalue weighted by molar-refractivity contribution is 0.102. The fourth-order valence-corrected chi connectivity index (χ4v) is 2.32. The minimum atomic E-state index is -0.725. The Kier molecular flexibility index (Phi) is 3.98. The van der Waals surface area contributed by atoms with Gasteiger partial charge in [0.25, 0.3) is 5.91 Å². The van der Waals surface area contributed by atoms with E-state index in [-0.39, 0.29) is 27.6 Å². The number of carbonyl (C=O) groups is 1. The van der Waals surface area contributed by atoms with Crippen LogP contribution in [0.15, 0.2) is 51.7 Å². The monoisotopic (exact) mass is 349 g/mol. The van der Waals surface area contributed by atoms with Crippen molar-refractivity contribution in [2.45, 2.75) is 0 Å². The molecule has 3 aromatic rings. The summed E-state index contributed by atoms with van der Waals surface area (Å²) in [6.45, 7) is 0. The largest absolute Gasteiger partial charge is 0.508 e. The molecule has 0 spiro atoms. The Hall–Kier alpha value is -2.50. The number of benzene rings is 2. The normalized spacial score (nSPS) is 10.7. The Morgan fingerprint density at radius 1 is 1.04 bits per heavy atom. The quantitative estimate of drug-likeness (QED) is 0.683. The van der Waals surface area contributed by atoms with E-state index >= 15 is 0 Å². The summed E-state index contributed by atoms with van der Waals surface area (Å²) >= 11 is 11.7. The highest BCUT2D eigenvalue weighted by atomic mass is 35.5. The highest BCUT2D eigenvalue weighted by molar-refractivity contribution is 6.42. The summed E-state index contributed by atoms with van der Waals surface area (Å²) < 4.78 is 5.08. The number of rotatable bonds is 2. The van der Waals surface area contributed by atoms with E-state index in [4.69, 9.17) is 27.6 Å². The third kappa shape index (κ3) is 3.16. The van der Waals surface area contributed by atoms with Gasteiger partial charge in [-0.15, -0.1) is 0 Å². The Balaban J connectivity index is 1.95. The molecule has 7 heteroatoms. The van der Waals surface area contributed by atoms with E-state index in [1.165, 1.54) is 36.4 Å². The van der Waals surface area contributed by atoms with E-state index < -0.39 is 11.5 Å². The lowest BCUT2D eigenvalue weighted by atomic mass is 10.2. The van der Waals surface area contributed by atoms with Crippen LogP contribution in [-0.2, 0) is 0 Å². The van der Waals surface area contributed by atoms with Crippen molar-refractivity contribution in [3.63, 3.8) is 0 Å². The van der Waals surface area contributed by atoms with Crippen molar-refractivity contribution >= 4 is 45.8 Å².